The van der Waals surface area contributed by atoms with Gasteiger partial charge in [-0.15, -0.1) is 0 Å². The maximum Gasteiger partial charge on any atom is 0.115 e. The van der Waals surface area contributed by atoms with Crippen LogP contribution < -0.4 is 0 Å². The molecule has 0 heterocycles. The lowest BCUT2D eigenvalue weighted by atomic mass is 9.68. The molecule has 0 saturated heterocycles. The molecular weight excluding hydrogens is 186 g/mol. The molecule has 0 aromatic carbocycles. The summed E-state index contributed by atoms with van der Waals surface area (Å²) in [5.41, 5.74) is 0. The molecule has 2 heteroatoms. The van der Waals surface area contributed by atoms with Crippen molar-refractivity contribution in [3.05, 3.63) is 0 Å². The summed E-state index contributed by atoms with van der Waals surface area (Å²) in [6.07, 6.45) is 7.83. The standard InChI is InChI=1S/C13H26NO/c1-14(2,3)12-8-10-6-4-5-7-11(10)9-13(12)15/h10-13,15H,4-9H2,1-3H3/q+1/t10-,11-,12+,13+/m1/s1. The average molecular weight is 212 g/mol. The molecule has 1 N–H and O–H groups in total. The monoisotopic (exact) mass is 212 g/mol. The molecule has 0 spiro atoms. The van der Waals surface area contributed by atoms with Gasteiger partial charge in [-0.25, -0.2) is 0 Å². The van der Waals surface area contributed by atoms with Gasteiger partial charge in [0, 0.05) is 6.42 Å². The van der Waals surface area contributed by atoms with Crippen LogP contribution in [0.25, 0.3) is 0 Å². The van der Waals surface area contributed by atoms with E-state index in [-0.39, 0.29) is 6.10 Å². The molecule has 0 unspecified atom stereocenters. The van der Waals surface area contributed by atoms with Crippen molar-refractivity contribution in [3.63, 3.8) is 0 Å². The van der Waals surface area contributed by atoms with Gasteiger partial charge >= 0.3 is 0 Å². The van der Waals surface area contributed by atoms with E-state index in [1.54, 1.807) is 0 Å². The van der Waals surface area contributed by atoms with E-state index >= 15 is 0 Å². The molecule has 0 bridgehead atoms. The van der Waals surface area contributed by atoms with Crippen LogP contribution in [0.1, 0.15) is 38.5 Å². The number of quaternary nitrogens is 1. The Kier molecular flexibility index (Phi) is 3.09. The van der Waals surface area contributed by atoms with Crippen molar-refractivity contribution in [2.45, 2.75) is 50.7 Å². The molecule has 2 saturated carbocycles. The van der Waals surface area contributed by atoms with Crippen LogP contribution in [0.15, 0.2) is 0 Å². The lowest BCUT2D eigenvalue weighted by molar-refractivity contribution is -0.901. The molecular formula is C13H26NO+. The molecule has 0 radical (unpaired) electrons. The Morgan fingerprint density at radius 3 is 2.00 bits per heavy atom. The highest BCUT2D eigenvalue weighted by Gasteiger charge is 2.42. The molecule has 0 amide bonds. The van der Waals surface area contributed by atoms with Crippen molar-refractivity contribution in [1.29, 1.82) is 0 Å². The summed E-state index contributed by atoms with van der Waals surface area (Å²) in [7, 11) is 6.66. The number of aliphatic hydroxyl groups excluding tert-OH is 1. The zero-order chi connectivity index (χ0) is 11.1. The predicted octanol–water partition coefficient (Wildman–Crippen LogP) is 2.02. The summed E-state index contributed by atoms with van der Waals surface area (Å²) in [4.78, 5) is 0. The van der Waals surface area contributed by atoms with Crippen molar-refractivity contribution in [1.82, 2.24) is 0 Å². The molecule has 2 rings (SSSR count). The van der Waals surface area contributed by atoms with Crippen LogP contribution in [0.3, 0.4) is 0 Å². The summed E-state index contributed by atoms with van der Waals surface area (Å²) in [6.45, 7) is 0. The smallest absolute Gasteiger partial charge is 0.115 e. The maximum atomic E-state index is 10.2. The predicted molar refractivity (Wildman–Crippen MR) is 62.5 cm³/mol. The second-order valence-corrected chi connectivity index (χ2v) is 6.53. The second-order valence-electron chi connectivity index (χ2n) is 6.53. The first-order chi connectivity index (χ1) is 6.98. The number of hydrogen-bond donors (Lipinski definition) is 1. The largest absolute Gasteiger partial charge is 0.387 e. The number of hydrogen-bond acceptors (Lipinski definition) is 1. The third kappa shape index (κ3) is 2.36. The van der Waals surface area contributed by atoms with E-state index in [4.69, 9.17) is 0 Å². The fraction of sp³-hybridized carbons (Fsp3) is 1.00. The van der Waals surface area contributed by atoms with Gasteiger partial charge < -0.3 is 9.59 Å². The topological polar surface area (TPSA) is 20.2 Å². The molecule has 2 fully saturated rings. The minimum Gasteiger partial charge on any atom is -0.387 e. The van der Waals surface area contributed by atoms with Crippen molar-refractivity contribution in [2.75, 3.05) is 21.1 Å². The summed E-state index contributed by atoms with van der Waals surface area (Å²) in [6, 6.07) is 0.462. The number of fused-ring (bicyclic) bond motifs is 1. The SMILES string of the molecule is C[N+](C)(C)[C@H]1C[C@H]2CCCC[C@@H]2C[C@@H]1O. The Balaban J connectivity index is 2.05. The third-order valence-electron chi connectivity index (χ3n) is 4.59. The molecule has 4 atom stereocenters. The average Bonchev–Trinajstić information content (AvgIpc) is 2.15. The van der Waals surface area contributed by atoms with Gasteiger partial charge in [-0.05, 0) is 24.7 Å². The highest BCUT2D eigenvalue weighted by Crippen LogP contribution is 2.42. The fourth-order valence-corrected chi connectivity index (χ4v) is 3.67. The van der Waals surface area contributed by atoms with Crippen LogP contribution in [0.5, 0.6) is 0 Å². The van der Waals surface area contributed by atoms with Crippen molar-refractivity contribution >= 4 is 0 Å². The van der Waals surface area contributed by atoms with Crippen molar-refractivity contribution in [3.8, 4) is 0 Å². The first kappa shape index (κ1) is 11.4. The minimum atomic E-state index is -0.0654. The first-order valence-corrected chi connectivity index (χ1v) is 6.47. The normalized spacial score (nSPS) is 42.4. The van der Waals surface area contributed by atoms with Gasteiger partial charge in [-0.2, -0.15) is 0 Å². The lowest BCUT2D eigenvalue weighted by Gasteiger charge is -2.46. The zero-order valence-corrected chi connectivity index (χ0v) is 10.4. The summed E-state index contributed by atoms with van der Waals surface area (Å²) < 4.78 is 0.921. The van der Waals surface area contributed by atoms with Crippen LogP contribution in [0.4, 0.5) is 0 Å². The van der Waals surface area contributed by atoms with E-state index in [9.17, 15) is 5.11 Å². The highest BCUT2D eigenvalue weighted by atomic mass is 16.3. The number of nitrogens with zero attached hydrogens (tertiary/aromatic N) is 1. The van der Waals surface area contributed by atoms with Gasteiger partial charge in [0.05, 0.1) is 21.1 Å². The highest BCUT2D eigenvalue weighted by molar-refractivity contribution is 4.88. The minimum absolute atomic E-state index is 0.0654. The van der Waals surface area contributed by atoms with Gasteiger partial charge in [-0.1, -0.05) is 19.3 Å². The molecule has 2 aliphatic carbocycles. The van der Waals surface area contributed by atoms with E-state index < -0.39 is 0 Å². The Hall–Kier alpha value is -0.0800. The van der Waals surface area contributed by atoms with Gasteiger partial charge in [0.2, 0.25) is 0 Å². The second kappa shape index (κ2) is 4.06. The molecule has 88 valence electrons. The van der Waals surface area contributed by atoms with E-state index in [1.807, 2.05) is 0 Å². The molecule has 2 aliphatic rings. The molecule has 0 aromatic rings. The van der Waals surface area contributed by atoms with Crippen LogP contribution in [-0.4, -0.2) is 42.9 Å². The Bertz CT molecular complexity index is 221. The Morgan fingerprint density at radius 1 is 0.933 bits per heavy atom. The van der Waals surface area contributed by atoms with Crippen LogP contribution in [-0.2, 0) is 0 Å². The van der Waals surface area contributed by atoms with Crippen LogP contribution >= 0.6 is 0 Å². The summed E-state index contributed by atoms with van der Waals surface area (Å²) in [5, 5.41) is 10.2. The Labute approximate surface area is 93.9 Å². The third-order valence-corrected chi connectivity index (χ3v) is 4.59. The first-order valence-electron chi connectivity index (χ1n) is 6.47. The maximum absolute atomic E-state index is 10.2. The number of likely N-dealkylation sites (N-methyl/N-ethyl adjacent to an activating group) is 1. The van der Waals surface area contributed by atoms with Crippen molar-refractivity contribution in [2.24, 2.45) is 11.8 Å². The number of rotatable bonds is 1. The van der Waals surface area contributed by atoms with E-state index in [0.717, 1.165) is 22.7 Å². The molecule has 15 heavy (non-hydrogen) atoms. The molecule has 0 aliphatic heterocycles. The molecule has 2 nitrogen and oxygen atoms in total. The summed E-state index contributed by atoms with van der Waals surface area (Å²) in [5.74, 6) is 1.74. The summed E-state index contributed by atoms with van der Waals surface area (Å²) >= 11 is 0. The quantitative estimate of drug-likeness (QED) is 0.659. The van der Waals surface area contributed by atoms with E-state index in [0.29, 0.717) is 6.04 Å². The van der Waals surface area contributed by atoms with Crippen LogP contribution in [0, 0.1) is 11.8 Å². The number of aliphatic hydroxyl groups is 1. The van der Waals surface area contributed by atoms with Gasteiger partial charge in [0.15, 0.2) is 0 Å². The van der Waals surface area contributed by atoms with E-state index in [1.165, 1.54) is 32.1 Å². The van der Waals surface area contributed by atoms with Crippen LogP contribution in [0.2, 0.25) is 0 Å². The van der Waals surface area contributed by atoms with E-state index in [2.05, 4.69) is 21.1 Å². The van der Waals surface area contributed by atoms with Gasteiger partial charge in [0.1, 0.15) is 12.1 Å². The van der Waals surface area contributed by atoms with Crippen molar-refractivity contribution < 1.29 is 9.59 Å². The Morgan fingerprint density at radius 2 is 1.47 bits per heavy atom. The fourth-order valence-electron chi connectivity index (χ4n) is 3.67. The van der Waals surface area contributed by atoms with Gasteiger partial charge in [-0.3, -0.25) is 0 Å². The molecule has 0 aromatic heterocycles. The lowest BCUT2D eigenvalue weighted by Crippen LogP contribution is -2.56. The van der Waals surface area contributed by atoms with Gasteiger partial charge in [0.25, 0.3) is 0 Å². The zero-order valence-electron chi connectivity index (χ0n) is 10.4.